The second kappa shape index (κ2) is 5.23. The Labute approximate surface area is 121 Å². The van der Waals surface area contributed by atoms with Crippen LogP contribution in [0.5, 0.6) is 5.75 Å². The molecule has 0 spiro atoms. The first-order valence-corrected chi connectivity index (χ1v) is 6.92. The fourth-order valence-corrected chi connectivity index (χ4v) is 3.34. The van der Waals surface area contributed by atoms with E-state index in [1.54, 1.807) is 12.1 Å². The molecule has 0 bridgehead atoms. The highest BCUT2D eigenvalue weighted by molar-refractivity contribution is 5.65. The van der Waals surface area contributed by atoms with Crippen molar-refractivity contribution in [2.24, 2.45) is 11.8 Å². The van der Waals surface area contributed by atoms with E-state index in [1.807, 2.05) is 0 Å². The van der Waals surface area contributed by atoms with Crippen molar-refractivity contribution in [1.29, 1.82) is 0 Å². The third-order valence-electron chi connectivity index (χ3n) is 4.33. The van der Waals surface area contributed by atoms with Crippen molar-refractivity contribution in [2.45, 2.75) is 18.9 Å². The lowest BCUT2D eigenvalue weighted by atomic mass is 10.0. The lowest BCUT2D eigenvalue weighted by Crippen LogP contribution is -2.29. The number of carboxylic acid groups (broad SMARTS) is 1. The van der Waals surface area contributed by atoms with Gasteiger partial charge < -0.3 is 14.7 Å². The van der Waals surface area contributed by atoms with Crippen LogP contribution in [0.2, 0.25) is 0 Å². The number of nitro groups is 1. The van der Waals surface area contributed by atoms with Gasteiger partial charge in [0.05, 0.1) is 11.0 Å². The van der Waals surface area contributed by atoms with Gasteiger partial charge in [0, 0.05) is 25.2 Å². The zero-order chi connectivity index (χ0) is 15.0. The molecule has 1 aromatic rings. The molecule has 1 amide bonds. The number of non-ortho nitro benzene ring substituents is 1. The average molecular weight is 292 g/mol. The van der Waals surface area contributed by atoms with Gasteiger partial charge in [0.25, 0.3) is 5.69 Å². The zero-order valence-electron chi connectivity index (χ0n) is 11.3. The highest BCUT2D eigenvalue weighted by Crippen LogP contribution is 2.39. The first-order valence-electron chi connectivity index (χ1n) is 6.92. The lowest BCUT2D eigenvalue weighted by molar-refractivity contribution is -0.384. The number of nitrogens with zero attached hydrogens (tertiary/aromatic N) is 2. The standard InChI is InChI=1S/C14H16N2O5/c17-14(18)15-7-9-5-13(6-10(9)8-15)21-12-3-1-11(2-4-12)16(19)20/h1-4,9-10,13H,5-8H2,(H,17,18)/t9-,10+,13?. The van der Waals surface area contributed by atoms with E-state index in [1.165, 1.54) is 17.0 Å². The number of hydrogen-bond donors (Lipinski definition) is 1. The highest BCUT2D eigenvalue weighted by atomic mass is 16.6. The number of rotatable bonds is 3. The van der Waals surface area contributed by atoms with Crippen LogP contribution in [0.1, 0.15) is 12.8 Å². The maximum Gasteiger partial charge on any atom is 0.407 e. The lowest BCUT2D eigenvalue weighted by Gasteiger charge is -2.17. The van der Waals surface area contributed by atoms with Crippen LogP contribution in [0.25, 0.3) is 0 Å². The molecule has 112 valence electrons. The van der Waals surface area contributed by atoms with E-state index in [9.17, 15) is 14.9 Å². The molecule has 1 heterocycles. The maximum absolute atomic E-state index is 10.9. The van der Waals surface area contributed by atoms with Gasteiger partial charge in [-0.2, -0.15) is 0 Å². The van der Waals surface area contributed by atoms with Crippen LogP contribution >= 0.6 is 0 Å². The van der Waals surface area contributed by atoms with Crippen molar-refractivity contribution >= 4 is 11.8 Å². The number of carbonyl (C=O) groups is 1. The summed E-state index contributed by atoms with van der Waals surface area (Å²) in [6, 6.07) is 6.07. The molecule has 7 heteroatoms. The molecular weight excluding hydrogens is 276 g/mol. The van der Waals surface area contributed by atoms with Crippen LogP contribution in [0.4, 0.5) is 10.5 Å². The summed E-state index contributed by atoms with van der Waals surface area (Å²) >= 11 is 0. The second-order valence-electron chi connectivity index (χ2n) is 5.67. The number of likely N-dealkylation sites (tertiary alicyclic amines) is 1. The monoisotopic (exact) mass is 292 g/mol. The Morgan fingerprint density at radius 3 is 2.29 bits per heavy atom. The summed E-state index contributed by atoms with van der Waals surface area (Å²) in [5.74, 6) is 1.36. The van der Waals surface area contributed by atoms with Crippen molar-refractivity contribution in [1.82, 2.24) is 4.90 Å². The van der Waals surface area contributed by atoms with Gasteiger partial charge in [-0.1, -0.05) is 0 Å². The van der Waals surface area contributed by atoms with E-state index >= 15 is 0 Å². The third-order valence-corrected chi connectivity index (χ3v) is 4.33. The number of benzene rings is 1. The van der Waals surface area contributed by atoms with Gasteiger partial charge in [0.1, 0.15) is 5.75 Å². The highest BCUT2D eigenvalue weighted by Gasteiger charge is 2.43. The van der Waals surface area contributed by atoms with Gasteiger partial charge in [0.2, 0.25) is 0 Å². The van der Waals surface area contributed by atoms with Crippen LogP contribution in [0.3, 0.4) is 0 Å². The largest absolute Gasteiger partial charge is 0.490 e. The first-order chi connectivity index (χ1) is 10.0. The van der Waals surface area contributed by atoms with Crippen LogP contribution in [-0.4, -0.2) is 40.2 Å². The minimum atomic E-state index is -0.850. The molecule has 3 atom stereocenters. The predicted molar refractivity (Wildman–Crippen MR) is 73.3 cm³/mol. The fraction of sp³-hybridized carbons (Fsp3) is 0.500. The van der Waals surface area contributed by atoms with Gasteiger partial charge in [-0.15, -0.1) is 0 Å². The SMILES string of the molecule is O=C(O)N1C[C@H]2CC(Oc3ccc([N+](=O)[O-])cc3)C[C@H]2C1. The summed E-state index contributed by atoms with van der Waals surface area (Å²) < 4.78 is 5.85. The Balaban J connectivity index is 1.57. The van der Waals surface area contributed by atoms with Crippen LogP contribution in [-0.2, 0) is 0 Å². The van der Waals surface area contributed by atoms with Gasteiger partial charge in [-0.25, -0.2) is 4.79 Å². The quantitative estimate of drug-likeness (QED) is 0.682. The van der Waals surface area contributed by atoms with Crippen molar-refractivity contribution in [3.8, 4) is 5.75 Å². The molecule has 1 saturated carbocycles. The summed E-state index contributed by atoms with van der Waals surface area (Å²) in [4.78, 5) is 22.5. The minimum absolute atomic E-state index is 0.0442. The average Bonchev–Trinajstić information content (AvgIpc) is 2.97. The number of amides is 1. The molecular formula is C14H16N2O5. The molecule has 0 aromatic heterocycles. The van der Waals surface area contributed by atoms with Crippen LogP contribution < -0.4 is 4.74 Å². The molecule has 1 aliphatic heterocycles. The summed E-state index contributed by atoms with van der Waals surface area (Å²) in [7, 11) is 0. The van der Waals surface area contributed by atoms with E-state index < -0.39 is 11.0 Å². The molecule has 1 aromatic carbocycles. The van der Waals surface area contributed by atoms with Gasteiger partial charge in [-0.05, 0) is 36.8 Å². The van der Waals surface area contributed by atoms with E-state index in [-0.39, 0.29) is 11.8 Å². The van der Waals surface area contributed by atoms with E-state index in [0.717, 1.165) is 12.8 Å². The van der Waals surface area contributed by atoms with Gasteiger partial charge in [-0.3, -0.25) is 10.1 Å². The Kier molecular flexibility index (Phi) is 3.40. The molecule has 3 rings (SSSR count). The summed E-state index contributed by atoms with van der Waals surface area (Å²) in [5.41, 5.74) is 0.0442. The molecule has 1 aliphatic carbocycles. The Morgan fingerprint density at radius 1 is 1.24 bits per heavy atom. The predicted octanol–water partition coefficient (Wildman–Crippen LogP) is 2.36. The van der Waals surface area contributed by atoms with Crippen LogP contribution in [0.15, 0.2) is 24.3 Å². The van der Waals surface area contributed by atoms with Crippen molar-refractivity contribution in [3.63, 3.8) is 0 Å². The zero-order valence-corrected chi connectivity index (χ0v) is 11.3. The smallest absolute Gasteiger partial charge is 0.407 e. The molecule has 0 radical (unpaired) electrons. The van der Waals surface area contributed by atoms with E-state index in [2.05, 4.69) is 0 Å². The number of fused-ring (bicyclic) bond motifs is 1. The summed E-state index contributed by atoms with van der Waals surface area (Å²) in [5, 5.41) is 19.6. The number of ether oxygens (including phenoxy) is 1. The molecule has 1 saturated heterocycles. The van der Waals surface area contributed by atoms with E-state index in [4.69, 9.17) is 9.84 Å². The maximum atomic E-state index is 10.9. The number of hydrogen-bond acceptors (Lipinski definition) is 4. The summed E-state index contributed by atoms with van der Waals surface area (Å²) in [6.45, 7) is 1.17. The first kappa shape index (κ1) is 13.7. The molecule has 21 heavy (non-hydrogen) atoms. The minimum Gasteiger partial charge on any atom is -0.490 e. The fourth-order valence-electron chi connectivity index (χ4n) is 3.34. The van der Waals surface area contributed by atoms with Gasteiger partial charge in [0.15, 0.2) is 0 Å². The van der Waals surface area contributed by atoms with Gasteiger partial charge >= 0.3 is 6.09 Å². The second-order valence-corrected chi connectivity index (χ2v) is 5.67. The Hall–Kier alpha value is -2.31. The molecule has 1 N–H and O–H groups in total. The van der Waals surface area contributed by atoms with Crippen LogP contribution in [0, 0.1) is 22.0 Å². The third kappa shape index (κ3) is 2.76. The van der Waals surface area contributed by atoms with E-state index in [0.29, 0.717) is 30.7 Å². The molecule has 2 fully saturated rings. The van der Waals surface area contributed by atoms with Crippen molar-refractivity contribution < 1.29 is 19.6 Å². The normalized spacial score (nSPS) is 27.4. The number of nitro benzene ring substituents is 1. The van der Waals surface area contributed by atoms with Crippen molar-refractivity contribution in [2.75, 3.05) is 13.1 Å². The topological polar surface area (TPSA) is 92.9 Å². The van der Waals surface area contributed by atoms with Crippen molar-refractivity contribution in [3.05, 3.63) is 34.4 Å². The molecule has 1 unspecified atom stereocenters. The molecule has 2 aliphatic rings. The Morgan fingerprint density at radius 2 is 1.81 bits per heavy atom. The molecule has 7 nitrogen and oxygen atoms in total. The Bertz CT molecular complexity index is 545. The summed E-state index contributed by atoms with van der Waals surface area (Å²) in [6.07, 6.45) is 0.895.